The lowest BCUT2D eigenvalue weighted by molar-refractivity contribution is 0.308. The second-order valence-electron chi connectivity index (χ2n) is 5.66. The number of hydrogen-bond acceptors (Lipinski definition) is 2. The third-order valence-electron chi connectivity index (χ3n) is 4.04. The number of hydrogen-bond donors (Lipinski definition) is 0. The molecule has 0 radical (unpaired) electrons. The van der Waals surface area contributed by atoms with E-state index >= 15 is 0 Å². The lowest BCUT2D eigenvalue weighted by atomic mass is 9.95. The van der Waals surface area contributed by atoms with Crippen molar-refractivity contribution in [1.82, 2.24) is 4.31 Å². The van der Waals surface area contributed by atoms with Crippen molar-refractivity contribution in [1.29, 1.82) is 0 Å². The summed E-state index contributed by atoms with van der Waals surface area (Å²) < 4.78 is 24.5. The van der Waals surface area contributed by atoms with Gasteiger partial charge < -0.3 is 0 Å². The first-order valence-corrected chi connectivity index (χ1v) is 8.92. The van der Waals surface area contributed by atoms with Gasteiger partial charge in [0.25, 0.3) is 0 Å². The van der Waals surface area contributed by atoms with Gasteiger partial charge in [0.15, 0.2) is 0 Å². The quantitative estimate of drug-likeness (QED) is 0.859. The van der Waals surface area contributed by atoms with Crippen LogP contribution in [0.1, 0.15) is 29.5 Å². The Morgan fingerprint density at radius 3 is 2.20 bits per heavy atom. The van der Waals surface area contributed by atoms with E-state index in [-0.39, 0.29) is 0 Å². The topological polar surface area (TPSA) is 37.4 Å². The number of benzene rings is 1. The highest BCUT2D eigenvalue weighted by Gasteiger charge is 2.23. The van der Waals surface area contributed by atoms with E-state index in [0.717, 1.165) is 12.8 Å². The predicted molar refractivity (Wildman–Crippen MR) is 84.1 cm³/mol. The Morgan fingerprint density at radius 2 is 1.70 bits per heavy atom. The van der Waals surface area contributed by atoms with E-state index in [1.54, 1.807) is 4.31 Å². The second kappa shape index (κ2) is 6.10. The molecule has 0 spiro atoms. The molecule has 110 valence electrons. The van der Waals surface area contributed by atoms with Crippen molar-refractivity contribution >= 4 is 16.1 Å². The average Bonchev–Trinajstić information content (AvgIpc) is 2.37. The van der Waals surface area contributed by atoms with Gasteiger partial charge in [0.05, 0.1) is 6.26 Å². The van der Waals surface area contributed by atoms with Gasteiger partial charge in [-0.3, -0.25) is 0 Å². The van der Waals surface area contributed by atoms with Gasteiger partial charge in [-0.25, -0.2) is 12.7 Å². The molecule has 1 aromatic rings. The minimum atomic E-state index is -3.02. The van der Waals surface area contributed by atoms with E-state index in [4.69, 9.17) is 0 Å². The van der Waals surface area contributed by atoms with E-state index in [1.165, 1.54) is 22.9 Å². The molecule has 1 saturated heterocycles. The molecule has 20 heavy (non-hydrogen) atoms. The van der Waals surface area contributed by atoms with Gasteiger partial charge in [-0.2, -0.15) is 0 Å². The summed E-state index contributed by atoms with van der Waals surface area (Å²) in [5.41, 5.74) is 3.86. The Labute approximate surface area is 122 Å². The van der Waals surface area contributed by atoms with E-state index in [1.807, 2.05) is 0 Å². The van der Waals surface area contributed by atoms with Crippen molar-refractivity contribution in [2.45, 2.75) is 26.7 Å². The molecule has 1 aliphatic heterocycles. The molecule has 4 heteroatoms. The van der Waals surface area contributed by atoms with Gasteiger partial charge in [0.1, 0.15) is 0 Å². The normalized spacial score (nSPS) is 18.8. The molecular weight excluding hydrogens is 270 g/mol. The van der Waals surface area contributed by atoms with Crippen molar-refractivity contribution in [3.8, 4) is 0 Å². The number of rotatable bonds is 3. The molecule has 0 aliphatic carbocycles. The SMILES string of the molecule is Cc1cccc(C)c1/C=C/C1CCN(S(C)(=O)=O)CC1. The zero-order chi connectivity index (χ0) is 14.8. The van der Waals surface area contributed by atoms with E-state index in [0.29, 0.717) is 19.0 Å². The molecule has 0 N–H and O–H groups in total. The standard InChI is InChI=1S/C16H23NO2S/c1-13-5-4-6-14(2)16(13)8-7-15-9-11-17(12-10-15)20(3,18)19/h4-8,15H,9-12H2,1-3H3/b8-7+. The van der Waals surface area contributed by atoms with E-state index < -0.39 is 10.0 Å². The Hall–Kier alpha value is -1.13. The summed E-state index contributed by atoms with van der Waals surface area (Å²) in [6.07, 6.45) is 7.56. The van der Waals surface area contributed by atoms with Gasteiger partial charge in [-0.05, 0) is 49.3 Å². The van der Waals surface area contributed by atoms with Crippen LogP contribution >= 0.6 is 0 Å². The summed E-state index contributed by atoms with van der Waals surface area (Å²) in [6.45, 7) is 5.53. The Morgan fingerprint density at radius 1 is 1.15 bits per heavy atom. The maximum Gasteiger partial charge on any atom is 0.211 e. The van der Waals surface area contributed by atoms with Crippen LogP contribution in [-0.2, 0) is 10.0 Å². The fraction of sp³-hybridized carbons (Fsp3) is 0.500. The van der Waals surface area contributed by atoms with Crippen LogP contribution < -0.4 is 0 Å². The summed E-state index contributed by atoms with van der Waals surface area (Å²) in [6, 6.07) is 6.32. The van der Waals surface area contributed by atoms with Gasteiger partial charge in [0.2, 0.25) is 10.0 Å². The summed E-state index contributed by atoms with van der Waals surface area (Å²) >= 11 is 0. The van der Waals surface area contributed by atoms with Crippen LogP contribution in [0.2, 0.25) is 0 Å². The zero-order valence-corrected chi connectivity index (χ0v) is 13.3. The van der Waals surface area contributed by atoms with Crippen LogP contribution in [0.25, 0.3) is 6.08 Å². The number of allylic oxidation sites excluding steroid dienone is 1. The van der Waals surface area contributed by atoms with Crippen LogP contribution in [-0.4, -0.2) is 32.1 Å². The molecule has 1 heterocycles. The van der Waals surface area contributed by atoms with Crippen LogP contribution in [0.5, 0.6) is 0 Å². The number of sulfonamides is 1. The highest BCUT2D eigenvalue weighted by atomic mass is 32.2. The fourth-order valence-corrected chi connectivity index (χ4v) is 3.60. The summed E-state index contributed by atoms with van der Waals surface area (Å²) in [5, 5.41) is 0. The van der Waals surface area contributed by atoms with Crippen molar-refractivity contribution in [2.75, 3.05) is 19.3 Å². The number of piperidine rings is 1. The molecule has 3 nitrogen and oxygen atoms in total. The molecule has 0 unspecified atom stereocenters. The third-order valence-corrected chi connectivity index (χ3v) is 5.35. The summed E-state index contributed by atoms with van der Waals surface area (Å²) in [7, 11) is -3.02. The molecule has 0 bridgehead atoms. The molecule has 0 amide bonds. The highest BCUT2D eigenvalue weighted by molar-refractivity contribution is 7.88. The zero-order valence-electron chi connectivity index (χ0n) is 12.5. The van der Waals surface area contributed by atoms with Crippen LogP contribution in [0.4, 0.5) is 0 Å². The monoisotopic (exact) mass is 293 g/mol. The fourth-order valence-electron chi connectivity index (χ4n) is 2.72. The Bertz CT molecular complexity index is 577. The molecule has 1 fully saturated rings. The third kappa shape index (κ3) is 3.70. The van der Waals surface area contributed by atoms with E-state index in [9.17, 15) is 8.42 Å². The highest BCUT2D eigenvalue weighted by Crippen LogP contribution is 2.23. The molecular formula is C16H23NO2S. The molecule has 2 rings (SSSR count). The van der Waals surface area contributed by atoms with Gasteiger partial charge in [-0.15, -0.1) is 0 Å². The molecule has 0 saturated carbocycles. The second-order valence-corrected chi connectivity index (χ2v) is 7.65. The predicted octanol–water partition coefficient (Wildman–Crippen LogP) is 2.99. The van der Waals surface area contributed by atoms with Crippen LogP contribution in [0.3, 0.4) is 0 Å². The average molecular weight is 293 g/mol. The molecule has 1 aliphatic rings. The number of aryl methyl sites for hydroxylation is 2. The largest absolute Gasteiger partial charge is 0.213 e. The molecule has 0 atom stereocenters. The summed E-state index contributed by atoms with van der Waals surface area (Å²) in [5.74, 6) is 0.479. The van der Waals surface area contributed by atoms with Crippen LogP contribution in [0, 0.1) is 19.8 Å². The lowest BCUT2D eigenvalue weighted by Crippen LogP contribution is -2.37. The number of nitrogens with zero attached hydrogens (tertiary/aromatic N) is 1. The Kier molecular flexibility index (Phi) is 4.66. The lowest BCUT2D eigenvalue weighted by Gasteiger charge is -2.28. The first kappa shape index (κ1) is 15.3. The van der Waals surface area contributed by atoms with Crippen molar-refractivity contribution in [3.05, 3.63) is 41.0 Å². The van der Waals surface area contributed by atoms with Crippen molar-refractivity contribution < 1.29 is 8.42 Å². The van der Waals surface area contributed by atoms with E-state index in [2.05, 4.69) is 44.2 Å². The van der Waals surface area contributed by atoms with Gasteiger partial charge in [-0.1, -0.05) is 30.4 Å². The molecule has 0 aromatic heterocycles. The maximum absolute atomic E-state index is 11.5. The van der Waals surface area contributed by atoms with Crippen LogP contribution in [0.15, 0.2) is 24.3 Å². The van der Waals surface area contributed by atoms with Gasteiger partial charge in [0, 0.05) is 13.1 Å². The van der Waals surface area contributed by atoms with Crippen molar-refractivity contribution in [3.63, 3.8) is 0 Å². The maximum atomic E-state index is 11.5. The van der Waals surface area contributed by atoms with Crippen molar-refractivity contribution in [2.24, 2.45) is 5.92 Å². The minimum Gasteiger partial charge on any atom is -0.213 e. The minimum absolute atomic E-state index is 0.479. The Balaban J connectivity index is 2.01. The van der Waals surface area contributed by atoms with Gasteiger partial charge >= 0.3 is 0 Å². The first-order chi connectivity index (χ1) is 9.38. The smallest absolute Gasteiger partial charge is 0.211 e. The first-order valence-electron chi connectivity index (χ1n) is 7.07. The molecule has 1 aromatic carbocycles. The summed E-state index contributed by atoms with van der Waals surface area (Å²) in [4.78, 5) is 0.